The molecule has 17 heavy (non-hydrogen) atoms. The Kier molecular flexibility index (Phi) is 3.42. The number of nitro benzene ring substituents is 1. The van der Waals surface area contributed by atoms with Gasteiger partial charge in [0.05, 0.1) is 10.7 Å². The first kappa shape index (κ1) is 12.0. The van der Waals surface area contributed by atoms with E-state index in [1.807, 2.05) is 0 Å². The van der Waals surface area contributed by atoms with Crippen LogP contribution in [-0.4, -0.2) is 26.7 Å². The zero-order valence-electron chi connectivity index (χ0n) is 9.42. The number of ether oxygens (including phenoxy) is 1. The molecule has 1 heterocycles. The van der Waals surface area contributed by atoms with Crippen molar-refractivity contribution in [2.45, 2.75) is 19.4 Å². The molecule has 2 atom stereocenters. The molecule has 0 bridgehead atoms. The molecule has 0 aliphatic carbocycles. The van der Waals surface area contributed by atoms with Crippen LogP contribution in [0.1, 0.15) is 12.0 Å². The monoisotopic (exact) mass is 255 g/mol. The van der Waals surface area contributed by atoms with E-state index in [1.165, 1.54) is 6.07 Å². The van der Waals surface area contributed by atoms with E-state index in [0.29, 0.717) is 17.9 Å². The van der Waals surface area contributed by atoms with Gasteiger partial charge in [0.25, 0.3) is 0 Å². The summed E-state index contributed by atoms with van der Waals surface area (Å²) in [6, 6.07) is 4.87. The molecule has 1 aliphatic rings. The molecule has 5 nitrogen and oxygen atoms in total. The Morgan fingerprint density at radius 3 is 2.88 bits per heavy atom. The van der Waals surface area contributed by atoms with Gasteiger partial charge >= 0.3 is 5.69 Å². The van der Waals surface area contributed by atoms with Gasteiger partial charge in [0.15, 0.2) is 5.75 Å². The molecule has 2 rings (SSSR count). The van der Waals surface area contributed by atoms with Crippen molar-refractivity contribution in [2.75, 3.05) is 11.5 Å². The second-order valence-corrected chi connectivity index (χ2v) is 5.69. The van der Waals surface area contributed by atoms with Crippen LogP contribution in [0, 0.1) is 17.0 Å². The molecule has 1 aromatic rings. The predicted molar refractivity (Wildman–Crippen MR) is 64.7 cm³/mol. The van der Waals surface area contributed by atoms with Crippen molar-refractivity contribution in [3.8, 4) is 5.75 Å². The summed E-state index contributed by atoms with van der Waals surface area (Å²) in [7, 11) is -0.843. The fraction of sp³-hybridized carbons (Fsp3) is 0.455. The second kappa shape index (κ2) is 4.83. The predicted octanol–water partition coefficient (Wildman–Crippen LogP) is 1.80. The maximum absolute atomic E-state index is 11.2. The number of nitro groups is 1. The van der Waals surface area contributed by atoms with Gasteiger partial charge in [0.2, 0.25) is 0 Å². The quantitative estimate of drug-likeness (QED) is 0.610. The van der Waals surface area contributed by atoms with Crippen molar-refractivity contribution in [1.29, 1.82) is 0 Å². The van der Waals surface area contributed by atoms with Crippen molar-refractivity contribution in [3.63, 3.8) is 0 Å². The SMILES string of the molecule is Cc1ccc(OC2CCS(=O)C2)c([N+](=O)[O-])c1. The third kappa shape index (κ3) is 2.82. The number of nitrogens with zero attached hydrogens (tertiary/aromatic N) is 1. The van der Waals surface area contributed by atoms with Crippen molar-refractivity contribution in [3.05, 3.63) is 33.9 Å². The summed E-state index contributed by atoms with van der Waals surface area (Å²) >= 11 is 0. The molecule has 2 unspecified atom stereocenters. The fourth-order valence-corrected chi connectivity index (χ4v) is 3.12. The Bertz CT molecular complexity index is 475. The van der Waals surface area contributed by atoms with E-state index in [-0.39, 0.29) is 17.5 Å². The molecule has 0 spiro atoms. The summed E-state index contributed by atoms with van der Waals surface area (Å²) in [5.74, 6) is 1.35. The van der Waals surface area contributed by atoms with E-state index in [2.05, 4.69) is 0 Å². The maximum Gasteiger partial charge on any atom is 0.311 e. The molecule has 0 radical (unpaired) electrons. The van der Waals surface area contributed by atoms with Gasteiger partial charge in [-0.2, -0.15) is 0 Å². The van der Waals surface area contributed by atoms with Crippen molar-refractivity contribution in [2.24, 2.45) is 0 Å². The second-order valence-electron chi connectivity index (χ2n) is 4.07. The Labute approximate surface area is 101 Å². The lowest BCUT2D eigenvalue weighted by Gasteiger charge is -2.12. The lowest BCUT2D eigenvalue weighted by atomic mass is 10.2. The lowest BCUT2D eigenvalue weighted by molar-refractivity contribution is -0.386. The Morgan fingerprint density at radius 2 is 2.29 bits per heavy atom. The highest BCUT2D eigenvalue weighted by Gasteiger charge is 2.25. The zero-order chi connectivity index (χ0) is 12.4. The summed E-state index contributed by atoms with van der Waals surface area (Å²) in [4.78, 5) is 10.4. The topological polar surface area (TPSA) is 69.4 Å². The molecule has 1 saturated heterocycles. The molecule has 1 fully saturated rings. The molecule has 1 aromatic carbocycles. The number of rotatable bonds is 3. The standard InChI is InChI=1S/C11H13NO4S/c1-8-2-3-11(10(6-8)12(13)14)16-9-4-5-17(15)7-9/h2-3,6,9H,4-5,7H2,1H3. The van der Waals surface area contributed by atoms with Crippen LogP contribution in [0.15, 0.2) is 18.2 Å². The third-order valence-electron chi connectivity index (χ3n) is 2.64. The first-order valence-electron chi connectivity index (χ1n) is 5.33. The highest BCUT2D eigenvalue weighted by molar-refractivity contribution is 7.85. The number of hydrogen-bond donors (Lipinski definition) is 0. The van der Waals surface area contributed by atoms with E-state index < -0.39 is 15.7 Å². The van der Waals surface area contributed by atoms with Gasteiger partial charge in [-0.3, -0.25) is 14.3 Å². The molecule has 6 heteroatoms. The van der Waals surface area contributed by atoms with Crippen LogP contribution in [0.25, 0.3) is 0 Å². The normalized spacial score (nSPS) is 23.6. The molecule has 0 saturated carbocycles. The van der Waals surface area contributed by atoms with Crippen molar-refractivity contribution in [1.82, 2.24) is 0 Å². The Morgan fingerprint density at radius 1 is 1.53 bits per heavy atom. The van der Waals surface area contributed by atoms with Crippen LogP contribution in [0.2, 0.25) is 0 Å². The van der Waals surface area contributed by atoms with E-state index in [4.69, 9.17) is 4.74 Å². The summed E-state index contributed by atoms with van der Waals surface area (Å²) in [6.45, 7) is 1.79. The van der Waals surface area contributed by atoms with Crippen LogP contribution >= 0.6 is 0 Å². The smallest absolute Gasteiger partial charge is 0.311 e. The van der Waals surface area contributed by atoms with Crippen LogP contribution in [0.3, 0.4) is 0 Å². The first-order valence-corrected chi connectivity index (χ1v) is 6.82. The van der Waals surface area contributed by atoms with E-state index in [0.717, 1.165) is 5.56 Å². The minimum atomic E-state index is -0.843. The molecule has 92 valence electrons. The summed E-state index contributed by atoms with van der Waals surface area (Å²) in [5.41, 5.74) is 0.793. The minimum Gasteiger partial charge on any atom is -0.482 e. The summed E-state index contributed by atoms with van der Waals surface area (Å²) in [5, 5.41) is 10.9. The van der Waals surface area contributed by atoms with E-state index >= 15 is 0 Å². The molecule has 1 aliphatic heterocycles. The van der Waals surface area contributed by atoms with Gasteiger partial charge < -0.3 is 4.74 Å². The lowest BCUT2D eigenvalue weighted by Crippen LogP contribution is -2.17. The third-order valence-corrected chi connectivity index (χ3v) is 4.08. The van der Waals surface area contributed by atoms with E-state index in [1.54, 1.807) is 19.1 Å². The highest BCUT2D eigenvalue weighted by Crippen LogP contribution is 2.30. The van der Waals surface area contributed by atoms with Crippen LogP contribution in [0.5, 0.6) is 5.75 Å². The highest BCUT2D eigenvalue weighted by atomic mass is 32.2. The molecule has 0 N–H and O–H groups in total. The van der Waals surface area contributed by atoms with Crippen molar-refractivity contribution < 1.29 is 13.9 Å². The average molecular weight is 255 g/mol. The van der Waals surface area contributed by atoms with Gasteiger partial charge in [-0.05, 0) is 25.0 Å². The van der Waals surface area contributed by atoms with Gasteiger partial charge in [0, 0.05) is 22.6 Å². The zero-order valence-corrected chi connectivity index (χ0v) is 10.2. The van der Waals surface area contributed by atoms with Gasteiger partial charge in [0.1, 0.15) is 6.10 Å². The Hall–Kier alpha value is -1.43. The number of hydrogen-bond acceptors (Lipinski definition) is 4. The number of benzene rings is 1. The first-order chi connectivity index (χ1) is 8.06. The Balaban J connectivity index is 2.20. The van der Waals surface area contributed by atoms with Gasteiger partial charge in [-0.1, -0.05) is 6.07 Å². The number of aryl methyl sites for hydroxylation is 1. The van der Waals surface area contributed by atoms with E-state index in [9.17, 15) is 14.3 Å². The summed E-state index contributed by atoms with van der Waals surface area (Å²) < 4.78 is 16.8. The average Bonchev–Trinajstić information content (AvgIpc) is 2.66. The molecular weight excluding hydrogens is 242 g/mol. The molecule has 0 aromatic heterocycles. The van der Waals surface area contributed by atoms with Gasteiger partial charge in [-0.15, -0.1) is 0 Å². The van der Waals surface area contributed by atoms with Crippen molar-refractivity contribution >= 4 is 16.5 Å². The minimum absolute atomic E-state index is 0.0253. The fourth-order valence-electron chi connectivity index (χ4n) is 1.78. The largest absolute Gasteiger partial charge is 0.482 e. The summed E-state index contributed by atoms with van der Waals surface area (Å²) in [6.07, 6.45) is 0.523. The van der Waals surface area contributed by atoms with Crippen LogP contribution in [0.4, 0.5) is 5.69 Å². The maximum atomic E-state index is 11.2. The van der Waals surface area contributed by atoms with Gasteiger partial charge in [-0.25, -0.2) is 0 Å². The molecular formula is C11H13NO4S. The van der Waals surface area contributed by atoms with Crippen LogP contribution < -0.4 is 4.74 Å². The van der Waals surface area contributed by atoms with Crippen LogP contribution in [-0.2, 0) is 10.8 Å². The molecule has 0 amide bonds.